The van der Waals surface area contributed by atoms with E-state index in [1.54, 1.807) is 6.20 Å². The van der Waals surface area contributed by atoms with Crippen LogP contribution in [0.3, 0.4) is 0 Å². The second-order valence-electron chi connectivity index (χ2n) is 2.65. The highest BCUT2D eigenvalue weighted by Gasteiger charge is 1.97. The minimum Gasteiger partial charge on any atom is -0.278 e. The third-order valence-electron chi connectivity index (χ3n) is 1.85. The normalized spacial score (nSPS) is 9.85. The molecule has 1 aromatic heterocycles. The molecule has 1 aromatic carbocycles. The number of hydrazone groups is 1. The number of fused-ring (bicyclic) bond motifs is 1. The van der Waals surface area contributed by atoms with E-state index < -0.39 is 0 Å². The van der Waals surface area contributed by atoms with Gasteiger partial charge in [-0.1, -0.05) is 6.07 Å². The van der Waals surface area contributed by atoms with Crippen LogP contribution in [0.15, 0.2) is 41.6 Å². The smallest absolute Gasteiger partial charge is 0.0723 e. The topological polar surface area (TPSA) is 37.3 Å². The molecule has 0 bridgehead atoms. The molecular weight excluding hydrogens is 162 g/mol. The molecule has 64 valence electrons. The quantitative estimate of drug-likeness (QED) is 0.556. The summed E-state index contributed by atoms with van der Waals surface area (Å²) >= 11 is 0. The summed E-state index contributed by atoms with van der Waals surface area (Å²) in [6, 6.07) is 9.73. The van der Waals surface area contributed by atoms with E-state index in [1.165, 1.54) is 0 Å². The van der Waals surface area contributed by atoms with Crippen LogP contribution in [0.2, 0.25) is 0 Å². The highest BCUT2D eigenvalue weighted by molar-refractivity contribution is 5.91. The van der Waals surface area contributed by atoms with Crippen LogP contribution in [0.25, 0.3) is 10.9 Å². The molecule has 13 heavy (non-hydrogen) atoms. The largest absolute Gasteiger partial charge is 0.278 e. The van der Waals surface area contributed by atoms with Crippen molar-refractivity contribution in [2.45, 2.75) is 0 Å². The molecule has 1 heterocycles. The zero-order valence-corrected chi connectivity index (χ0v) is 7.07. The second kappa shape index (κ2) is 3.23. The van der Waals surface area contributed by atoms with Crippen LogP contribution in [0, 0.1) is 0 Å². The van der Waals surface area contributed by atoms with Gasteiger partial charge in [0.25, 0.3) is 0 Å². The first-order valence-electron chi connectivity index (χ1n) is 3.97. The first-order valence-corrected chi connectivity index (χ1v) is 3.97. The highest BCUT2D eigenvalue weighted by Crippen LogP contribution is 2.20. The summed E-state index contributed by atoms with van der Waals surface area (Å²) in [4.78, 5) is 4.22. The molecule has 0 spiro atoms. The fraction of sp³-hybridized carbons (Fsp3) is 0. The SMILES string of the molecule is C=NNc1cccc2ncccc12. The third-order valence-corrected chi connectivity index (χ3v) is 1.85. The maximum Gasteiger partial charge on any atom is 0.0723 e. The summed E-state index contributed by atoms with van der Waals surface area (Å²) in [5, 5.41) is 4.68. The number of hydrogen-bond donors (Lipinski definition) is 1. The molecule has 2 rings (SSSR count). The van der Waals surface area contributed by atoms with Crippen molar-refractivity contribution < 1.29 is 0 Å². The summed E-state index contributed by atoms with van der Waals surface area (Å²) < 4.78 is 0. The molecule has 3 nitrogen and oxygen atoms in total. The Morgan fingerprint density at radius 3 is 3.00 bits per heavy atom. The monoisotopic (exact) mass is 171 g/mol. The standard InChI is InChI=1S/C10H9N3/c1-11-13-10-6-2-5-9-8(10)4-3-7-12-9/h2-7,13H,1H2. The number of pyridine rings is 1. The van der Waals surface area contributed by atoms with Gasteiger partial charge in [0.2, 0.25) is 0 Å². The van der Waals surface area contributed by atoms with E-state index in [2.05, 4.69) is 22.2 Å². The molecule has 2 aromatic rings. The Labute approximate surface area is 76.1 Å². The summed E-state index contributed by atoms with van der Waals surface area (Å²) in [7, 11) is 0. The number of benzene rings is 1. The van der Waals surface area contributed by atoms with Gasteiger partial charge in [-0.25, -0.2) is 0 Å². The molecule has 0 aliphatic carbocycles. The Bertz CT molecular complexity index is 432. The van der Waals surface area contributed by atoms with Crippen molar-refractivity contribution in [2.24, 2.45) is 5.10 Å². The van der Waals surface area contributed by atoms with Crippen molar-refractivity contribution >= 4 is 23.3 Å². The molecule has 0 amide bonds. The van der Waals surface area contributed by atoms with E-state index in [0.29, 0.717) is 0 Å². The lowest BCUT2D eigenvalue weighted by Crippen LogP contribution is -1.88. The maximum atomic E-state index is 4.22. The van der Waals surface area contributed by atoms with Crippen LogP contribution in [-0.4, -0.2) is 11.7 Å². The van der Waals surface area contributed by atoms with Crippen LogP contribution in [0.5, 0.6) is 0 Å². The number of rotatable bonds is 2. The Morgan fingerprint density at radius 1 is 1.23 bits per heavy atom. The molecule has 0 aliphatic heterocycles. The number of nitrogens with one attached hydrogen (secondary N) is 1. The lowest BCUT2D eigenvalue weighted by atomic mass is 10.2. The van der Waals surface area contributed by atoms with E-state index in [0.717, 1.165) is 16.6 Å². The van der Waals surface area contributed by atoms with Crippen molar-refractivity contribution in [3.8, 4) is 0 Å². The fourth-order valence-corrected chi connectivity index (χ4v) is 1.29. The van der Waals surface area contributed by atoms with E-state index in [1.807, 2.05) is 30.3 Å². The first-order chi connectivity index (χ1) is 6.42. The summed E-state index contributed by atoms with van der Waals surface area (Å²) in [5.74, 6) is 0. The van der Waals surface area contributed by atoms with Crippen LogP contribution in [0.4, 0.5) is 5.69 Å². The van der Waals surface area contributed by atoms with Crippen LogP contribution >= 0.6 is 0 Å². The Kier molecular flexibility index (Phi) is 1.92. The molecule has 0 saturated heterocycles. The van der Waals surface area contributed by atoms with Gasteiger partial charge in [0.1, 0.15) is 0 Å². The van der Waals surface area contributed by atoms with Crippen molar-refractivity contribution in [3.05, 3.63) is 36.5 Å². The maximum absolute atomic E-state index is 4.22. The number of aromatic nitrogens is 1. The van der Waals surface area contributed by atoms with E-state index in [9.17, 15) is 0 Å². The van der Waals surface area contributed by atoms with Crippen LogP contribution in [-0.2, 0) is 0 Å². The minimum absolute atomic E-state index is 0.931. The Balaban J connectivity index is 2.68. The molecule has 1 N–H and O–H groups in total. The van der Waals surface area contributed by atoms with Crippen molar-refractivity contribution in [3.63, 3.8) is 0 Å². The van der Waals surface area contributed by atoms with E-state index in [4.69, 9.17) is 0 Å². The predicted octanol–water partition coefficient (Wildman–Crippen LogP) is 2.26. The predicted molar refractivity (Wildman–Crippen MR) is 54.9 cm³/mol. The average Bonchev–Trinajstić information content (AvgIpc) is 2.19. The Hall–Kier alpha value is -1.90. The van der Waals surface area contributed by atoms with Crippen molar-refractivity contribution in [2.75, 3.05) is 5.43 Å². The fourth-order valence-electron chi connectivity index (χ4n) is 1.29. The molecule has 0 atom stereocenters. The van der Waals surface area contributed by atoms with Gasteiger partial charge in [0, 0.05) is 18.3 Å². The van der Waals surface area contributed by atoms with Gasteiger partial charge in [-0.05, 0) is 24.3 Å². The number of nitrogens with zero attached hydrogens (tertiary/aromatic N) is 2. The van der Waals surface area contributed by atoms with E-state index in [-0.39, 0.29) is 0 Å². The third kappa shape index (κ3) is 1.36. The van der Waals surface area contributed by atoms with Crippen molar-refractivity contribution in [1.82, 2.24) is 4.98 Å². The summed E-state index contributed by atoms with van der Waals surface area (Å²) in [5.41, 5.74) is 4.71. The van der Waals surface area contributed by atoms with Gasteiger partial charge < -0.3 is 0 Å². The molecule has 3 heteroatoms. The lowest BCUT2D eigenvalue weighted by molar-refractivity contribution is 1.36. The number of hydrogen-bond acceptors (Lipinski definition) is 3. The molecule has 0 aliphatic rings. The zero-order chi connectivity index (χ0) is 9.10. The molecular formula is C10H9N3. The van der Waals surface area contributed by atoms with Gasteiger partial charge >= 0.3 is 0 Å². The average molecular weight is 171 g/mol. The molecule has 0 unspecified atom stereocenters. The van der Waals surface area contributed by atoms with Crippen LogP contribution in [0.1, 0.15) is 0 Å². The first kappa shape index (κ1) is 7.73. The van der Waals surface area contributed by atoms with Crippen LogP contribution < -0.4 is 5.43 Å². The zero-order valence-electron chi connectivity index (χ0n) is 7.07. The van der Waals surface area contributed by atoms with Gasteiger partial charge in [-0.3, -0.25) is 10.4 Å². The van der Waals surface area contributed by atoms with Gasteiger partial charge in [-0.15, -0.1) is 0 Å². The summed E-state index contributed by atoms with van der Waals surface area (Å²) in [6.07, 6.45) is 1.77. The second-order valence-corrected chi connectivity index (χ2v) is 2.65. The minimum atomic E-state index is 0.931. The highest BCUT2D eigenvalue weighted by atomic mass is 15.3. The van der Waals surface area contributed by atoms with Gasteiger partial charge in [0.15, 0.2) is 0 Å². The van der Waals surface area contributed by atoms with Gasteiger partial charge in [-0.2, -0.15) is 5.10 Å². The summed E-state index contributed by atoms with van der Waals surface area (Å²) in [6.45, 7) is 3.38. The van der Waals surface area contributed by atoms with Gasteiger partial charge in [0.05, 0.1) is 11.2 Å². The molecule has 0 saturated carbocycles. The number of anilines is 1. The van der Waals surface area contributed by atoms with Crippen molar-refractivity contribution in [1.29, 1.82) is 0 Å². The Morgan fingerprint density at radius 2 is 2.15 bits per heavy atom. The lowest BCUT2D eigenvalue weighted by Gasteiger charge is -2.03. The molecule has 0 radical (unpaired) electrons. The van der Waals surface area contributed by atoms with E-state index >= 15 is 0 Å². The molecule has 0 fully saturated rings.